The van der Waals surface area contributed by atoms with Crippen molar-refractivity contribution >= 4 is 5.69 Å². The SMILES string of the molecule is Cc1c(OCCCCO)cccc1[N+](=O)[O-]. The van der Waals surface area contributed by atoms with Gasteiger partial charge in [-0.1, -0.05) is 6.07 Å². The number of ether oxygens (including phenoxy) is 1. The summed E-state index contributed by atoms with van der Waals surface area (Å²) in [4.78, 5) is 10.2. The van der Waals surface area contributed by atoms with Gasteiger partial charge in [-0.15, -0.1) is 0 Å². The highest BCUT2D eigenvalue weighted by Gasteiger charge is 2.13. The third-order valence-corrected chi connectivity index (χ3v) is 2.26. The van der Waals surface area contributed by atoms with Crippen molar-refractivity contribution in [2.75, 3.05) is 13.2 Å². The number of unbranched alkanes of at least 4 members (excludes halogenated alkanes) is 1. The van der Waals surface area contributed by atoms with Gasteiger partial charge in [0, 0.05) is 12.7 Å². The van der Waals surface area contributed by atoms with Crippen LogP contribution in [-0.2, 0) is 0 Å². The van der Waals surface area contributed by atoms with Crippen LogP contribution in [-0.4, -0.2) is 23.2 Å². The van der Waals surface area contributed by atoms with Crippen molar-refractivity contribution in [2.45, 2.75) is 19.8 Å². The van der Waals surface area contributed by atoms with Crippen molar-refractivity contribution in [3.05, 3.63) is 33.9 Å². The minimum absolute atomic E-state index is 0.0691. The van der Waals surface area contributed by atoms with E-state index in [0.29, 0.717) is 24.3 Å². The Morgan fingerprint density at radius 2 is 2.19 bits per heavy atom. The lowest BCUT2D eigenvalue weighted by Crippen LogP contribution is -2.01. The van der Waals surface area contributed by atoms with E-state index in [9.17, 15) is 10.1 Å². The highest BCUT2D eigenvalue weighted by atomic mass is 16.6. The van der Waals surface area contributed by atoms with Gasteiger partial charge < -0.3 is 9.84 Å². The molecule has 0 bridgehead atoms. The number of aliphatic hydroxyl groups excluding tert-OH is 1. The van der Waals surface area contributed by atoms with E-state index in [2.05, 4.69) is 0 Å². The summed E-state index contributed by atoms with van der Waals surface area (Å²) in [5, 5.41) is 19.3. The first-order chi connectivity index (χ1) is 7.66. The first-order valence-electron chi connectivity index (χ1n) is 5.14. The number of aliphatic hydroxyl groups is 1. The van der Waals surface area contributed by atoms with Crippen molar-refractivity contribution in [1.82, 2.24) is 0 Å². The molecule has 0 aliphatic heterocycles. The monoisotopic (exact) mass is 225 g/mol. The van der Waals surface area contributed by atoms with Crippen molar-refractivity contribution in [1.29, 1.82) is 0 Å². The van der Waals surface area contributed by atoms with E-state index in [-0.39, 0.29) is 12.3 Å². The van der Waals surface area contributed by atoms with Crippen LogP contribution in [0.4, 0.5) is 5.69 Å². The molecule has 0 heterocycles. The molecule has 0 atom stereocenters. The van der Waals surface area contributed by atoms with Gasteiger partial charge >= 0.3 is 0 Å². The zero-order chi connectivity index (χ0) is 12.0. The Bertz CT molecular complexity index is 365. The van der Waals surface area contributed by atoms with Gasteiger partial charge in [-0.25, -0.2) is 0 Å². The lowest BCUT2D eigenvalue weighted by atomic mass is 10.2. The van der Waals surface area contributed by atoms with Gasteiger partial charge in [0.25, 0.3) is 5.69 Å². The van der Waals surface area contributed by atoms with Crippen molar-refractivity contribution in [3.8, 4) is 5.75 Å². The average molecular weight is 225 g/mol. The zero-order valence-corrected chi connectivity index (χ0v) is 9.18. The molecule has 0 unspecified atom stereocenters. The van der Waals surface area contributed by atoms with Gasteiger partial charge in [-0.05, 0) is 25.8 Å². The van der Waals surface area contributed by atoms with E-state index >= 15 is 0 Å². The number of nitrogens with zero attached hydrogens (tertiary/aromatic N) is 1. The molecule has 1 aromatic rings. The number of hydrogen-bond donors (Lipinski definition) is 1. The van der Waals surface area contributed by atoms with Crippen LogP contribution in [0.2, 0.25) is 0 Å². The third-order valence-electron chi connectivity index (χ3n) is 2.26. The van der Waals surface area contributed by atoms with Crippen LogP contribution in [0, 0.1) is 17.0 Å². The maximum Gasteiger partial charge on any atom is 0.276 e. The van der Waals surface area contributed by atoms with E-state index in [1.807, 2.05) is 0 Å². The maximum atomic E-state index is 10.7. The molecule has 0 aromatic heterocycles. The summed E-state index contributed by atoms with van der Waals surface area (Å²) in [6.07, 6.45) is 1.41. The molecule has 0 aliphatic rings. The molecular weight excluding hydrogens is 210 g/mol. The van der Waals surface area contributed by atoms with Crippen LogP contribution in [0.1, 0.15) is 18.4 Å². The topological polar surface area (TPSA) is 72.6 Å². The normalized spacial score (nSPS) is 10.1. The molecule has 1 aromatic carbocycles. The molecule has 0 spiro atoms. The molecule has 88 valence electrons. The Morgan fingerprint density at radius 3 is 2.81 bits per heavy atom. The van der Waals surface area contributed by atoms with Gasteiger partial charge in [0.15, 0.2) is 0 Å². The first-order valence-corrected chi connectivity index (χ1v) is 5.14. The molecular formula is C11H15NO4. The smallest absolute Gasteiger partial charge is 0.276 e. The summed E-state index contributed by atoms with van der Waals surface area (Å²) >= 11 is 0. The quantitative estimate of drug-likeness (QED) is 0.457. The van der Waals surface area contributed by atoms with Gasteiger partial charge in [0.05, 0.1) is 17.1 Å². The van der Waals surface area contributed by atoms with E-state index < -0.39 is 4.92 Å². The summed E-state index contributed by atoms with van der Waals surface area (Å²) in [7, 11) is 0. The number of hydrogen-bond acceptors (Lipinski definition) is 4. The molecule has 1 N–H and O–H groups in total. The first kappa shape index (κ1) is 12.4. The second-order valence-electron chi connectivity index (χ2n) is 3.44. The molecule has 1 rings (SSSR count). The van der Waals surface area contributed by atoms with Crippen LogP contribution in [0.15, 0.2) is 18.2 Å². The fraction of sp³-hybridized carbons (Fsp3) is 0.455. The minimum atomic E-state index is -0.421. The molecule has 0 fully saturated rings. The summed E-state index contributed by atoms with van der Waals surface area (Å²) < 4.78 is 5.41. The summed E-state index contributed by atoms with van der Waals surface area (Å²) in [5.74, 6) is 0.534. The third kappa shape index (κ3) is 3.20. The standard InChI is InChI=1S/C11H15NO4/c1-9-10(12(14)15)5-4-6-11(9)16-8-3-2-7-13/h4-6,13H,2-3,7-8H2,1H3. The van der Waals surface area contributed by atoms with Crippen LogP contribution in [0.5, 0.6) is 5.75 Å². The predicted molar refractivity (Wildman–Crippen MR) is 59.6 cm³/mol. The van der Waals surface area contributed by atoms with Gasteiger partial charge in [-0.2, -0.15) is 0 Å². The Hall–Kier alpha value is -1.62. The van der Waals surface area contributed by atoms with Crippen LogP contribution < -0.4 is 4.74 Å². The molecule has 16 heavy (non-hydrogen) atoms. The molecule has 5 heteroatoms. The van der Waals surface area contributed by atoms with Crippen molar-refractivity contribution in [3.63, 3.8) is 0 Å². The second-order valence-corrected chi connectivity index (χ2v) is 3.44. The van der Waals surface area contributed by atoms with Crippen molar-refractivity contribution < 1.29 is 14.8 Å². The molecule has 0 aliphatic carbocycles. The molecule has 0 amide bonds. The number of nitro groups is 1. The predicted octanol–water partition coefficient (Wildman–Crippen LogP) is 2.05. The van der Waals surface area contributed by atoms with Crippen LogP contribution >= 0.6 is 0 Å². The van der Waals surface area contributed by atoms with Gasteiger partial charge in [-0.3, -0.25) is 10.1 Å². The van der Waals surface area contributed by atoms with E-state index in [1.54, 1.807) is 19.1 Å². The zero-order valence-electron chi connectivity index (χ0n) is 9.18. The largest absolute Gasteiger partial charge is 0.493 e. The molecule has 5 nitrogen and oxygen atoms in total. The van der Waals surface area contributed by atoms with Crippen LogP contribution in [0.3, 0.4) is 0 Å². The lowest BCUT2D eigenvalue weighted by molar-refractivity contribution is -0.385. The Labute approximate surface area is 93.8 Å². The Morgan fingerprint density at radius 1 is 1.44 bits per heavy atom. The fourth-order valence-electron chi connectivity index (χ4n) is 1.35. The van der Waals surface area contributed by atoms with Gasteiger partial charge in [0.1, 0.15) is 5.75 Å². The highest BCUT2D eigenvalue weighted by molar-refractivity contribution is 5.48. The molecule has 0 saturated heterocycles. The van der Waals surface area contributed by atoms with Crippen LogP contribution in [0.25, 0.3) is 0 Å². The minimum Gasteiger partial charge on any atom is -0.493 e. The Balaban J connectivity index is 2.66. The second kappa shape index (κ2) is 6.07. The Kier molecular flexibility index (Phi) is 4.72. The molecule has 0 saturated carbocycles. The maximum absolute atomic E-state index is 10.7. The number of benzene rings is 1. The van der Waals surface area contributed by atoms with E-state index in [0.717, 1.165) is 6.42 Å². The number of nitro benzene ring substituents is 1. The summed E-state index contributed by atoms with van der Waals surface area (Å²) in [5.41, 5.74) is 0.608. The van der Waals surface area contributed by atoms with Gasteiger partial charge in [0.2, 0.25) is 0 Å². The molecule has 0 radical (unpaired) electrons. The van der Waals surface area contributed by atoms with E-state index in [1.165, 1.54) is 6.07 Å². The lowest BCUT2D eigenvalue weighted by Gasteiger charge is -2.08. The van der Waals surface area contributed by atoms with Crippen molar-refractivity contribution in [2.24, 2.45) is 0 Å². The van der Waals surface area contributed by atoms with E-state index in [4.69, 9.17) is 9.84 Å². The summed E-state index contributed by atoms with van der Waals surface area (Å²) in [6.45, 7) is 2.26. The highest BCUT2D eigenvalue weighted by Crippen LogP contribution is 2.26. The average Bonchev–Trinajstić information content (AvgIpc) is 2.26. The fourth-order valence-corrected chi connectivity index (χ4v) is 1.35. The number of rotatable bonds is 6. The summed E-state index contributed by atoms with van der Waals surface area (Å²) in [6, 6.07) is 4.77.